The van der Waals surface area contributed by atoms with Gasteiger partial charge in [-0.05, 0) is 11.2 Å². The van der Waals surface area contributed by atoms with Crippen LogP contribution in [0.4, 0.5) is 0 Å². The molecule has 0 heterocycles. The van der Waals surface area contributed by atoms with Crippen LogP contribution in [0.25, 0.3) is 0 Å². The van der Waals surface area contributed by atoms with Crippen LogP contribution in [0.5, 0.6) is 0 Å². The Balaban J connectivity index is 3.07. The lowest BCUT2D eigenvalue weighted by Crippen LogP contribution is -1.99. The topological polar surface area (TPSA) is 3.24 Å². The zero-order chi connectivity index (χ0) is 6.41. The molecule has 8 heavy (non-hydrogen) atoms. The van der Waals surface area contributed by atoms with E-state index in [1.807, 2.05) is 37.0 Å². The zero-order valence-electron chi connectivity index (χ0n) is 5.72. The summed E-state index contributed by atoms with van der Waals surface area (Å²) in [4.78, 5) is 2.03. The maximum absolute atomic E-state index is 2.14. The monoisotopic (exact) mass is 131 g/mol. The molecule has 0 atom stereocenters. The molecular formula is C6H13NS. The molecule has 0 amide bonds. The highest BCUT2D eigenvalue weighted by Crippen LogP contribution is 1.99. The third-order valence-electron chi connectivity index (χ3n) is 0.622. The fourth-order valence-corrected chi connectivity index (χ4v) is 0.783. The Kier molecular flexibility index (Phi) is 4.97. The summed E-state index contributed by atoms with van der Waals surface area (Å²) in [6.07, 6.45) is 2.05. The van der Waals surface area contributed by atoms with E-state index in [0.717, 1.165) is 5.75 Å². The SMILES string of the molecule is CCS/C=C/N(C)C. The lowest BCUT2D eigenvalue weighted by atomic mass is 10.9. The van der Waals surface area contributed by atoms with Gasteiger partial charge >= 0.3 is 0 Å². The standard InChI is InChI=1S/C6H13NS/c1-4-8-6-5-7(2)3/h5-6H,4H2,1-3H3/b6-5+. The van der Waals surface area contributed by atoms with Crippen LogP contribution in [-0.2, 0) is 0 Å². The summed E-state index contributed by atoms with van der Waals surface area (Å²) in [6.45, 7) is 2.14. The molecule has 0 fully saturated rings. The molecule has 1 nitrogen and oxygen atoms in total. The molecule has 0 N–H and O–H groups in total. The van der Waals surface area contributed by atoms with E-state index in [1.54, 1.807) is 0 Å². The van der Waals surface area contributed by atoms with Crippen molar-refractivity contribution in [3.63, 3.8) is 0 Å². The van der Waals surface area contributed by atoms with Crippen molar-refractivity contribution in [1.29, 1.82) is 0 Å². The minimum absolute atomic E-state index is 1.16. The number of rotatable bonds is 3. The van der Waals surface area contributed by atoms with Gasteiger partial charge in [-0.15, -0.1) is 11.8 Å². The van der Waals surface area contributed by atoms with E-state index in [2.05, 4.69) is 12.3 Å². The van der Waals surface area contributed by atoms with Crippen LogP contribution in [0.2, 0.25) is 0 Å². The smallest absolute Gasteiger partial charge is 0.00558 e. The minimum atomic E-state index is 1.16. The average molecular weight is 131 g/mol. The van der Waals surface area contributed by atoms with Crippen molar-refractivity contribution in [3.05, 3.63) is 11.6 Å². The molecule has 0 saturated carbocycles. The summed E-state index contributed by atoms with van der Waals surface area (Å²) in [5.41, 5.74) is 0. The minimum Gasteiger partial charge on any atom is -0.383 e. The Hall–Kier alpha value is -0.110. The van der Waals surface area contributed by atoms with Crippen LogP contribution < -0.4 is 0 Å². The normalized spacial score (nSPS) is 10.4. The van der Waals surface area contributed by atoms with E-state index in [4.69, 9.17) is 0 Å². The number of nitrogens with zero attached hydrogens (tertiary/aromatic N) is 1. The molecule has 0 saturated heterocycles. The van der Waals surface area contributed by atoms with Crippen LogP contribution in [0.3, 0.4) is 0 Å². The van der Waals surface area contributed by atoms with Crippen molar-refractivity contribution < 1.29 is 0 Å². The second kappa shape index (κ2) is 5.04. The van der Waals surface area contributed by atoms with E-state index in [9.17, 15) is 0 Å². The molecule has 0 radical (unpaired) electrons. The number of thioether (sulfide) groups is 1. The molecule has 0 aromatic rings. The van der Waals surface area contributed by atoms with Crippen LogP contribution in [-0.4, -0.2) is 24.7 Å². The van der Waals surface area contributed by atoms with Gasteiger partial charge in [0.05, 0.1) is 0 Å². The first-order chi connectivity index (χ1) is 3.77. The quantitative estimate of drug-likeness (QED) is 0.574. The first kappa shape index (κ1) is 7.89. The summed E-state index contributed by atoms with van der Waals surface area (Å²) >= 11 is 1.81. The van der Waals surface area contributed by atoms with Crippen molar-refractivity contribution in [2.45, 2.75) is 6.92 Å². The van der Waals surface area contributed by atoms with Gasteiger partial charge in [0.15, 0.2) is 0 Å². The molecular weight excluding hydrogens is 118 g/mol. The molecule has 0 aliphatic carbocycles. The highest BCUT2D eigenvalue weighted by Gasteiger charge is 1.73. The fraction of sp³-hybridized carbons (Fsp3) is 0.667. The first-order valence-electron chi connectivity index (χ1n) is 2.72. The van der Waals surface area contributed by atoms with Crippen molar-refractivity contribution >= 4 is 11.8 Å². The van der Waals surface area contributed by atoms with E-state index in [-0.39, 0.29) is 0 Å². The van der Waals surface area contributed by atoms with Crippen LogP contribution in [0.15, 0.2) is 11.6 Å². The van der Waals surface area contributed by atoms with Crippen molar-refractivity contribution in [3.8, 4) is 0 Å². The molecule has 0 aliphatic rings. The van der Waals surface area contributed by atoms with E-state index >= 15 is 0 Å². The van der Waals surface area contributed by atoms with Crippen LogP contribution >= 0.6 is 11.8 Å². The predicted molar refractivity (Wildman–Crippen MR) is 41.0 cm³/mol. The molecule has 0 unspecified atom stereocenters. The summed E-state index contributed by atoms with van der Waals surface area (Å²) in [6, 6.07) is 0. The van der Waals surface area contributed by atoms with E-state index in [0.29, 0.717) is 0 Å². The Morgan fingerprint density at radius 2 is 2.12 bits per heavy atom. The highest BCUT2D eigenvalue weighted by atomic mass is 32.2. The van der Waals surface area contributed by atoms with Gasteiger partial charge in [0.1, 0.15) is 0 Å². The second-order valence-corrected chi connectivity index (χ2v) is 2.89. The number of hydrogen-bond acceptors (Lipinski definition) is 2. The van der Waals surface area contributed by atoms with Gasteiger partial charge < -0.3 is 4.90 Å². The molecule has 0 bridgehead atoms. The van der Waals surface area contributed by atoms with Gasteiger partial charge in [-0.1, -0.05) is 6.92 Å². The van der Waals surface area contributed by atoms with Crippen molar-refractivity contribution in [2.24, 2.45) is 0 Å². The maximum Gasteiger partial charge on any atom is 0.00558 e. The molecule has 48 valence electrons. The zero-order valence-corrected chi connectivity index (χ0v) is 6.53. The van der Waals surface area contributed by atoms with Crippen molar-refractivity contribution in [1.82, 2.24) is 4.90 Å². The maximum atomic E-state index is 2.14. The Morgan fingerprint density at radius 3 is 2.50 bits per heavy atom. The third-order valence-corrected chi connectivity index (χ3v) is 1.27. The lowest BCUT2D eigenvalue weighted by molar-refractivity contribution is 0.565. The lowest BCUT2D eigenvalue weighted by Gasteiger charge is -2.01. The Morgan fingerprint density at radius 1 is 1.50 bits per heavy atom. The van der Waals surface area contributed by atoms with Gasteiger partial charge in [0, 0.05) is 20.3 Å². The molecule has 0 aromatic carbocycles. The highest BCUT2D eigenvalue weighted by molar-refractivity contribution is 8.02. The Labute approximate surface area is 55.8 Å². The van der Waals surface area contributed by atoms with Crippen LogP contribution in [0, 0.1) is 0 Å². The summed E-state index contributed by atoms with van der Waals surface area (Å²) in [5, 5.41) is 2.10. The fourth-order valence-electron chi connectivity index (χ4n) is 0.261. The van der Waals surface area contributed by atoms with Gasteiger partial charge in [-0.25, -0.2) is 0 Å². The Bertz CT molecular complexity index is 68.9. The van der Waals surface area contributed by atoms with Crippen molar-refractivity contribution in [2.75, 3.05) is 19.8 Å². The molecule has 0 rings (SSSR count). The van der Waals surface area contributed by atoms with Gasteiger partial charge in [-0.3, -0.25) is 0 Å². The third kappa shape index (κ3) is 5.89. The summed E-state index contributed by atoms with van der Waals surface area (Å²) in [7, 11) is 4.04. The average Bonchev–Trinajstić information content (AvgIpc) is 1.66. The second-order valence-electron chi connectivity index (χ2n) is 1.70. The first-order valence-corrected chi connectivity index (χ1v) is 3.77. The van der Waals surface area contributed by atoms with E-state index in [1.165, 1.54) is 0 Å². The summed E-state index contributed by atoms with van der Waals surface area (Å²) in [5.74, 6) is 1.16. The van der Waals surface area contributed by atoms with Crippen LogP contribution in [0.1, 0.15) is 6.92 Å². The molecule has 0 aliphatic heterocycles. The number of hydrogen-bond donors (Lipinski definition) is 0. The molecule has 0 spiro atoms. The van der Waals surface area contributed by atoms with Gasteiger partial charge in [0.25, 0.3) is 0 Å². The predicted octanol–water partition coefficient (Wildman–Crippen LogP) is 1.77. The summed E-state index contributed by atoms with van der Waals surface area (Å²) < 4.78 is 0. The van der Waals surface area contributed by atoms with Gasteiger partial charge in [-0.2, -0.15) is 0 Å². The largest absolute Gasteiger partial charge is 0.383 e. The van der Waals surface area contributed by atoms with E-state index < -0.39 is 0 Å². The molecule has 2 heteroatoms. The molecule has 0 aromatic heterocycles. The van der Waals surface area contributed by atoms with Gasteiger partial charge in [0.2, 0.25) is 0 Å².